The molecule has 82 valence electrons. The summed E-state index contributed by atoms with van der Waals surface area (Å²) in [5, 5.41) is 0.613. The minimum Gasteiger partial charge on any atom is -0.460 e. The van der Waals surface area contributed by atoms with Crippen LogP contribution < -0.4 is 5.73 Å². The molecule has 0 saturated carbocycles. The number of hydrogen-bond donors (Lipinski definition) is 2. The zero-order valence-corrected chi connectivity index (χ0v) is 9.67. The number of benzene rings is 1. The molecule has 1 atom stereocenters. The van der Waals surface area contributed by atoms with Gasteiger partial charge in [-0.3, -0.25) is 4.79 Å². The molecule has 0 spiro atoms. The molecule has 0 aliphatic heterocycles. The molecule has 0 bridgehead atoms. The van der Waals surface area contributed by atoms with E-state index in [1.807, 2.05) is 6.07 Å². The van der Waals surface area contributed by atoms with Crippen LogP contribution in [0.25, 0.3) is 0 Å². The lowest BCUT2D eigenvalue weighted by Gasteiger charge is -2.08. The van der Waals surface area contributed by atoms with Crippen LogP contribution in [0.15, 0.2) is 24.3 Å². The van der Waals surface area contributed by atoms with Gasteiger partial charge in [0.05, 0.1) is 0 Å². The molecule has 1 rings (SSSR count). The first-order valence-electron chi connectivity index (χ1n) is 4.41. The number of esters is 1. The predicted octanol–water partition coefficient (Wildman–Crippen LogP) is 1.64. The third-order valence-electron chi connectivity index (χ3n) is 1.77. The summed E-state index contributed by atoms with van der Waals surface area (Å²) in [4.78, 5) is 11.2. The second-order valence-corrected chi connectivity index (χ2v) is 3.83. The van der Waals surface area contributed by atoms with Crippen molar-refractivity contribution in [1.82, 2.24) is 0 Å². The number of ether oxygens (including phenoxy) is 1. The van der Waals surface area contributed by atoms with Crippen molar-refractivity contribution in [3.63, 3.8) is 0 Å². The maximum Gasteiger partial charge on any atom is 0.324 e. The van der Waals surface area contributed by atoms with Crippen molar-refractivity contribution in [1.29, 1.82) is 0 Å². The van der Waals surface area contributed by atoms with E-state index >= 15 is 0 Å². The third kappa shape index (κ3) is 4.11. The fraction of sp³-hybridized carbons (Fsp3) is 0.300. The van der Waals surface area contributed by atoms with Crippen molar-refractivity contribution in [2.45, 2.75) is 12.6 Å². The van der Waals surface area contributed by atoms with Gasteiger partial charge in [-0.15, -0.1) is 0 Å². The third-order valence-corrected chi connectivity index (χ3v) is 2.40. The molecule has 0 saturated heterocycles. The Labute approximate surface area is 99.0 Å². The van der Waals surface area contributed by atoms with Crippen LogP contribution in [-0.2, 0) is 16.1 Å². The van der Waals surface area contributed by atoms with Crippen molar-refractivity contribution in [2.24, 2.45) is 5.73 Å². The average molecular weight is 246 g/mol. The maximum atomic E-state index is 11.2. The molecule has 0 heterocycles. The molecule has 0 radical (unpaired) electrons. The van der Waals surface area contributed by atoms with E-state index in [2.05, 4.69) is 12.6 Å². The monoisotopic (exact) mass is 245 g/mol. The van der Waals surface area contributed by atoms with Gasteiger partial charge in [-0.2, -0.15) is 12.6 Å². The van der Waals surface area contributed by atoms with Crippen LogP contribution in [-0.4, -0.2) is 17.8 Å². The van der Waals surface area contributed by atoms with Crippen molar-refractivity contribution >= 4 is 30.2 Å². The largest absolute Gasteiger partial charge is 0.460 e. The Morgan fingerprint density at radius 3 is 2.93 bits per heavy atom. The molecule has 0 amide bonds. The van der Waals surface area contributed by atoms with E-state index in [9.17, 15) is 4.79 Å². The Hall–Kier alpha value is -0.710. The molecule has 0 aliphatic rings. The second-order valence-electron chi connectivity index (χ2n) is 3.03. The molecule has 15 heavy (non-hydrogen) atoms. The summed E-state index contributed by atoms with van der Waals surface area (Å²) in [6.07, 6.45) is 0. The first-order chi connectivity index (χ1) is 7.13. The van der Waals surface area contributed by atoms with E-state index in [-0.39, 0.29) is 12.4 Å². The van der Waals surface area contributed by atoms with Crippen LogP contribution >= 0.6 is 24.2 Å². The summed E-state index contributed by atoms with van der Waals surface area (Å²) in [7, 11) is 0. The summed E-state index contributed by atoms with van der Waals surface area (Å²) in [6, 6.07) is 6.44. The van der Waals surface area contributed by atoms with E-state index in [4.69, 9.17) is 22.1 Å². The van der Waals surface area contributed by atoms with Gasteiger partial charge in [-0.1, -0.05) is 23.7 Å². The van der Waals surface area contributed by atoms with Gasteiger partial charge in [0.15, 0.2) is 0 Å². The normalized spacial score (nSPS) is 12.2. The molecule has 0 fully saturated rings. The van der Waals surface area contributed by atoms with Gasteiger partial charge in [0, 0.05) is 10.8 Å². The highest BCUT2D eigenvalue weighted by Crippen LogP contribution is 2.11. The number of halogens is 1. The molecule has 0 aromatic heterocycles. The Morgan fingerprint density at radius 1 is 1.60 bits per heavy atom. The Bertz CT molecular complexity index is 346. The van der Waals surface area contributed by atoms with Gasteiger partial charge in [0.2, 0.25) is 0 Å². The van der Waals surface area contributed by atoms with Gasteiger partial charge >= 0.3 is 5.97 Å². The predicted molar refractivity (Wildman–Crippen MR) is 63.1 cm³/mol. The van der Waals surface area contributed by atoms with E-state index in [0.717, 1.165) is 5.56 Å². The summed E-state index contributed by atoms with van der Waals surface area (Å²) < 4.78 is 4.96. The lowest BCUT2D eigenvalue weighted by Crippen LogP contribution is -2.33. The highest BCUT2D eigenvalue weighted by molar-refractivity contribution is 7.80. The van der Waals surface area contributed by atoms with E-state index in [1.54, 1.807) is 18.2 Å². The molecule has 0 aliphatic carbocycles. The Balaban J connectivity index is 2.47. The first kappa shape index (κ1) is 12.4. The van der Waals surface area contributed by atoms with Crippen LogP contribution in [0.2, 0.25) is 5.02 Å². The lowest BCUT2D eigenvalue weighted by molar-refractivity contribution is -0.145. The van der Waals surface area contributed by atoms with Gasteiger partial charge in [-0.05, 0) is 17.7 Å². The quantitative estimate of drug-likeness (QED) is 0.626. The van der Waals surface area contributed by atoms with E-state index < -0.39 is 12.0 Å². The first-order valence-corrected chi connectivity index (χ1v) is 5.42. The minimum atomic E-state index is -0.674. The fourth-order valence-electron chi connectivity index (χ4n) is 0.963. The Kier molecular flexibility index (Phi) is 4.94. The van der Waals surface area contributed by atoms with Gasteiger partial charge in [-0.25, -0.2) is 0 Å². The zero-order valence-electron chi connectivity index (χ0n) is 8.02. The number of carbonyl (C=O) groups excluding carboxylic acids is 1. The van der Waals surface area contributed by atoms with Crippen LogP contribution in [0, 0.1) is 0 Å². The Morgan fingerprint density at radius 2 is 2.33 bits per heavy atom. The van der Waals surface area contributed by atoms with Crippen molar-refractivity contribution < 1.29 is 9.53 Å². The van der Waals surface area contributed by atoms with Crippen molar-refractivity contribution in [3.05, 3.63) is 34.9 Å². The van der Waals surface area contributed by atoms with Crippen molar-refractivity contribution in [2.75, 3.05) is 5.75 Å². The summed E-state index contributed by atoms with van der Waals surface area (Å²) in [5.74, 6) is -0.182. The number of hydrogen-bond acceptors (Lipinski definition) is 4. The summed E-state index contributed by atoms with van der Waals surface area (Å²) in [5.41, 5.74) is 6.27. The topological polar surface area (TPSA) is 52.3 Å². The van der Waals surface area contributed by atoms with Crippen molar-refractivity contribution in [3.8, 4) is 0 Å². The number of nitrogens with two attached hydrogens (primary N) is 1. The van der Waals surface area contributed by atoms with E-state index in [0.29, 0.717) is 5.02 Å². The molecule has 1 aromatic carbocycles. The molecule has 1 aromatic rings. The smallest absolute Gasteiger partial charge is 0.324 e. The highest BCUT2D eigenvalue weighted by atomic mass is 35.5. The van der Waals surface area contributed by atoms with Gasteiger partial charge in [0.25, 0.3) is 0 Å². The minimum absolute atomic E-state index is 0.181. The fourth-order valence-corrected chi connectivity index (χ4v) is 1.32. The molecule has 5 heteroatoms. The molecular weight excluding hydrogens is 234 g/mol. The van der Waals surface area contributed by atoms with E-state index in [1.165, 1.54) is 0 Å². The van der Waals surface area contributed by atoms with Crippen LogP contribution in [0.1, 0.15) is 5.56 Å². The maximum absolute atomic E-state index is 11.2. The molecule has 3 nitrogen and oxygen atoms in total. The SMILES string of the molecule is NC(CS)C(=O)OCc1cccc(Cl)c1. The number of rotatable bonds is 4. The van der Waals surface area contributed by atoms with Crippen LogP contribution in [0.4, 0.5) is 0 Å². The molecular formula is C10H12ClNO2S. The number of carbonyl (C=O) groups is 1. The number of thiol groups is 1. The molecule has 2 N–H and O–H groups in total. The zero-order chi connectivity index (χ0) is 11.3. The van der Waals surface area contributed by atoms with Gasteiger partial charge in [0.1, 0.15) is 12.6 Å². The lowest BCUT2D eigenvalue weighted by atomic mass is 10.2. The highest BCUT2D eigenvalue weighted by Gasteiger charge is 2.12. The standard InChI is InChI=1S/C10H12ClNO2S/c11-8-3-1-2-7(4-8)5-14-10(13)9(12)6-15/h1-4,9,15H,5-6,12H2. The summed E-state index contributed by atoms with van der Waals surface area (Å²) in [6.45, 7) is 0.181. The summed E-state index contributed by atoms with van der Waals surface area (Å²) >= 11 is 9.68. The average Bonchev–Trinajstić information content (AvgIpc) is 2.25. The second kappa shape index (κ2) is 6.00. The van der Waals surface area contributed by atoms with Gasteiger partial charge < -0.3 is 10.5 Å². The molecule has 1 unspecified atom stereocenters. The van der Waals surface area contributed by atoms with Crippen LogP contribution in [0.5, 0.6) is 0 Å². The van der Waals surface area contributed by atoms with Crippen LogP contribution in [0.3, 0.4) is 0 Å².